The first-order valence-electron chi connectivity index (χ1n) is 9.69. The van der Waals surface area contributed by atoms with Crippen LogP contribution in [0.5, 0.6) is 0 Å². The number of hydrogen-bond donors (Lipinski definition) is 1. The number of fused-ring (bicyclic) bond motifs is 2. The first-order chi connectivity index (χ1) is 13.4. The molecule has 1 atom stereocenters. The predicted octanol–water partition coefficient (Wildman–Crippen LogP) is 4.73. The monoisotopic (exact) mass is 430 g/mol. The first kappa shape index (κ1) is 21.6. The summed E-state index contributed by atoms with van der Waals surface area (Å²) in [5.41, 5.74) is 3.23. The van der Waals surface area contributed by atoms with Crippen molar-refractivity contribution in [1.82, 2.24) is 4.90 Å². The van der Waals surface area contributed by atoms with Crippen LogP contribution in [0.2, 0.25) is 0 Å². The van der Waals surface area contributed by atoms with E-state index < -0.39 is 10.0 Å². The van der Waals surface area contributed by atoms with Crippen molar-refractivity contribution in [3.63, 3.8) is 0 Å². The Kier molecular flexibility index (Phi) is 6.52. The molecule has 0 heterocycles. The zero-order valence-corrected chi connectivity index (χ0v) is 18.4. The molecule has 0 radical (unpaired) electrons. The number of benzene rings is 3. The summed E-state index contributed by atoms with van der Waals surface area (Å²) in [4.78, 5) is 2.52. The van der Waals surface area contributed by atoms with E-state index in [1.54, 1.807) is 12.1 Å². The highest BCUT2D eigenvalue weighted by Crippen LogP contribution is 2.29. The first-order valence-corrected chi connectivity index (χ1v) is 11.2. The van der Waals surface area contributed by atoms with E-state index in [1.165, 1.54) is 11.1 Å². The lowest BCUT2D eigenvalue weighted by Crippen LogP contribution is -2.26. The number of sulfonamides is 1. The van der Waals surface area contributed by atoms with E-state index in [4.69, 9.17) is 0 Å². The van der Waals surface area contributed by atoms with Gasteiger partial charge in [0.25, 0.3) is 10.0 Å². The van der Waals surface area contributed by atoms with Crippen LogP contribution in [0, 0.1) is 5.92 Å². The molecule has 29 heavy (non-hydrogen) atoms. The van der Waals surface area contributed by atoms with E-state index in [2.05, 4.69) is 29.8 Å². The maximum Gasteiger partial charge on any atom is 0.261 e. The van der Waals surface area contributed by atoms with Gasteiger partial charge in [-0.1, -0.05) is 36.4 Å². The van der Waals surface area contributed by atoms with Crippen LogP contribution < -0.4 is 4.72 Å². The minimum atomic E-state index is -3.61. The third-order valence-corrected chi connectivity index (χ3v) is 6.82. The van der Waals surface area contributed by atoms with Crippen LogP contribution >= 0.6 is 12.4 Å². The van der Waals surface area contributed by atoms with Gasteiger partial charge in [-0.15, -0.1) is 12.4 Å². The molecule has 0 aromatic heterocycles. The number of nitrogens with one attached hydrogen (secondary N) is 1. The Hall–Kier alpha value is -2.08. The van der Waals surface area contributed by atoms with E-state index in [0.29, 0.717) is 11.6 Å². The molecule has 154 valence electrons. The fraction of sp³-hybridized carbons (Fsp3) is 0.304. The van der Waals surface area contributed by atoms with Gasteiger partial charge < -0.3 is 4.90 Å². The van der Waals surface area contributed by atoms with Crippen molar-refractivity contribution in [2.45, 2.75) is 24.2 Å². The summed E-state index contributed by atoms with van der Waals surface area (Å²) in [6, 6.07) is 19.0. The molecule has 6 heteroatoms. The predicted molar refractivity (Wildman–Crippen MR) is 123 cm³/mol. The third-order valence-electron chi connectivity index (χ3n) is 5.44. The quantitative estimate of drug-likeness (QED) is 0.636. The van der Waals surface area contributed by atoms with Gasteiger partial charge in [0, 0.05) is 12.2 Å². The van der Waals surface area contributed by atoms with Gasteiger partial charge in [-0.2, -0.15) is 0 Å². The lowest BCUT2D eigenvalue weighted by molar-refractivity contribution is 0.303. The molecule has 0 saturated heterocycles. The molecule has 4 nitrogen and oxygen atoms in total. The maximum absolute atomic E-state index is 12.9. The lowest BCUT2D eigenvalue weighted by Gasteiger charge is -2.27. The number of aryl methyl sites for hydroxylation is 1. The standard InChI is InChI=1S/C23H26N2O2S.ClH/c1-25(2)16-17-7-8-21-14-22(11-9-20(21)13-17)24-28(26,27)23-12-10-18-5-3-4-6-19(18)15-23;/h3-6,9-12,14-15,17,24H,7-8,13,16H2,1-2H3;1H. The van der Waals surface area contributed by atoms with Gasteiger partial charge in [0.15, 0.2) is 0 Å². The summed E-state index contributed by atoms with van der Waals surface area (Å²) in [6.07, 6.45) is 3.21. The van der Waals surface area contributed by atoms with Gasteiger partial charge in [-0.05, 0) is 85.4 Å². The number of hydrogen-bond acceptors (Lipinski definition) is 3. The topological polar surface area (TPSA) is 49.4 Å². The molecule has 1 unspecified atom stereocenters. The van der Waals surface area contributed by atoms with Crippen molar-refractivity contribution in [2.24, 2.45) is 5.92 Å². The van der Waals surface area contributed by atoms with E-state index in [1.807, 2.05) is 42.5 Å². The normalized spacial score (nSPS) is 16.3. The smallest absolute Gasteiger partial charge is 0.261 e. The molecule has 0 fully saturated rings. The maximum atomic E-state index is 12.9. The third kappa shape index (κ3) is 4.92. The largest absolute Gasteiger partial charge is 0.309 e. The molecule has 0 amide bonds. The van der Waals surface area contributed by atoms with E-state index in [9.17, 15) is 8.42 Å². The summed E-state index contributed by atoms with van der Waals surface area (Å²) < 4.78 is 28.5. The van der Waals surface area contributed by atoms with Crippen molar-refractivity contribution >= 4 is 38.9 Å². The van der Waals surface area contributed by atoms with Gasteiger partial charge >= 0.3 is 0 Å². The molecular weight excluding hydrogens is 404 g/mol. The van der Waals surface area contributed by atoms with Gasteiger partial charge in [0.1, 0.15) is 0 Å². The molecular formula is C23H27ClN2O2S. The van der Waals surface area contributed by atoms with E-state index >= 15 is 0 Å². The molecule has 1 N–H and O–H groups in total. The highest BCUT2D eigenvalue weighted by molar-refractivity contribution is 7.92. The summed E-state index contributed by atoms with van der Waals surface area (Å²) >= 11 is 0. The number of nitrogens with zero attached hydrogens (tertiary/aromatic N) is 1. The molecule has 0 spiro atoms. The number of anilines is 1. The second kappa shape index (κ2) is 8.74. The summed E-state index contributed by atoms with van der Waals surface area (Å²) in [5, 5.41) is 1.95. The van der Waals surface area contributed by atoms with Crippen molar-refractivity contribution in [3.8, 4) is 0 Å². The zero-order chi connectivity index (χ0) is 19.7. The van der Waals surface area contributed by atoms with Gasteiger partial charge in [-0.25, -0.2) is 8.42 Å². The second-order valence-electron chi connectivity index (χ2n) is 7.97. The summed E-state index contributed by atoms with van der Waals surface area (Å²) in [5.74, 6) is 0.669. The molecule has 1 aliphatic rings. The molecule has 0 aliphatic heterocycles. The average molecular weight is 431 g/mol. The van der Waals surface area contributed by atoms with Crippen LogP contribution in [0.25, 0.3) is 10.8 Å². The molecule has 3 aromatic rings. The minimum absolute atomic E-state index is 0. The van der Waals surface area contributed by atoms with E-state index in [0.717, 1.165) is 36.6 Å². The van der Waals surface area contributed by atoms with Gasteiger partial charge in [-0.3, -0.25) is 4.72 Å². The Bertz CT molecular complexity index is 1110. The Balaban J connectivity index is 0.00000240. The van der Waals surface area contributed by atoms with Gasteiger partial charge in [0.05, 0.1) is 4.90 Å². The number of halogens is 1. The van der Waals surface area contributed by atoms with Crippen molar-refractivity contribution in [3.05, 3.63) is 71.8 Å². The lowest BCUT2D eigenvalue weighted by atomic mass is 9.83. The van der Waals surface area contributed by atoms with Crippen LogP contribution in [0.3, 0.4) is 0 Å². The van der Waals surface area contributed by atoms with E-state index in [-0.39, 0.29) is 17.3 Å². The highest BCUT2D eigenvalue weighted by atomic mass is 35.5. The molecule has 4 rings (SSSR count). The van der Waals surface area contributed by atoms with Crippen LogP contribution in [-0.4, -0.2) is 34.0 Å². The second-order valence-corrected chi connectivity index (χ2v) is 9.65. The highest BCUT2D eigenvalue weighted by Gasteiger charge is 2.21. The summed E-state index contributed by atoms with van der Waals surface area (Å²) in [6.45, 7) is 1.09. The van der Waals surface area contributed by atoms with Crippen LogP contribution in [0.15, 0.2) is 65.6 Å². The molecule has 3 aromatic carbocycles. The zero-order valence-electron chi connectivity index (χ0n) is 16.8. The Morgan fingerprint density at radius 1 is 0.966 bits per heavy atom. The van der Waals surface area contributed by atoms with Crippen LogP contribution in [0.1, 0.15) is 17.5 Å². The Morgan fingerprint density at radius 2 is 1.72 bits per heavy atom. The van der Waals surface area contributed by atoms with Crippen molar-refractivity contribution in [2.75, 3.05) is 25.4 Å². The number of rotatable bonds is 5. The van der Waals surface area contributed by atoms with Crippen molar-refractivity contribution in [1.29, 1.82) is 0 Å². The van der Waals surface area contributed by atoms with Crippen LogP contribution in [0.4, 0.5) is 5.69 Å². The molecule has 0 bridgehead atoms. The van der Waals surface area contributed by atoms with Gasteiger partial charge in [0.2, 0.25) is 0 Å². The minimum Gasteiger partial charge on any atom is -0.309 e. The molecule has 0 saturated carbocycles. The summed E-state index contributed by atoms with van der Waals surface area (Å²) in [7, 11) is 0.608. The average Bonchev–Trinajstić information content (AvgIpc) is 2.67. The fourth-order valence-electron chi connectivity index (χ4n) is 4.11. The SMILES string of the molecule is CN(C)CC1CCc2cc(NS(=O)(=O)c3ccc4ccccc4c3)ccc2C1.Cl. The Morgan fingerprint density at radius 3 is 2.48 bits per heavy atom. The Labute approximate surface area is 179 Å². The molecule has 1 aliphatic carbocycles. The van der Waals surface area contributed by atoms with Crippen LogP contribution in [-0.2, 0) is 22.9 Å². The fourth-order valence-corrected chi connectivity index (χ4v) is 5.20. The van der Waals surface area contributed by atoms with Crippen molar-refractivity contribution < 1.29 is 8.42 Å².